The second-order valence-corrected chi connectivity index (χ2v) is 2.99. The fourth-order valence-electron chi connectivity index (χ4n) is 1.02. The van der Waals surface area contributed by atoms with Gasteiger partial charge in [0.25, 0.3) is 5.92 Å². The summed E-state index contributed by atoms with van der Waals surface area (Å²) in [5.74, 6) is -3.37. The van der Waals surface area contributed by atoms with Crippen LogP contribution in [0, 0.1) is 0 Å². The van der Waals surface area contributed by atoms with Gasteiger partial charge in [-0.2, -0.15) is 0 Å². The third-order valence-electron chi connectivity index (χ3n) is 1.92. The predicted octanol–water partition coefficient (Wildman–Crippen LogP) is 1.02. The third kappa shape index (κ3) is 2.18. The van der Waals surface area contributed by atoms with Crippen molar-refractivity contribution in [3.05, 3.63) is 29.8 Å². The van der Waals surface area contributed by atoms with E-state index in [1.165, 1.54) is 24.3 Å². The Hall–Kier alpha value is -1.20. The van der Waals surface area contributed by atoms with Crippen molar-refractivity contribution < 1.29 is 19.0 Å². The van der Waals surface area contributed by atoms with Gasteiger partial charge in [0, 0.05) is 0 Å². The predicted molar refractivity (Wildman–Crippen MR) is 47.1 cm³/mol. The summed E-state index contributed by atoms with van der Waals surface area (Å²) in [5, 5.41) is 17.3. The van der Waals surface area contributed by atoms with E-state index >= 15 is 0 Å². The number of rotatable bonds is 3. The average molecular weight is 203 g/mol. The molecule has 0 aliphatic rings. The van der Waals surface area contributed by atoms with E-state index in [4.69, 9.17) is 15.9 Å². The van der Waals surface area contributed by atoms with Crippen LogP contribution in [0.4, 0.5) is 8.78 Å². The molecule has 5 heteroatoms. The lowest BCUT2D eigenvalue weighted by atomic mass is 10.0. The standard InChI is InChI=1S/C9H11F2NO2/c10-9(11,5-13)8(12)6-1-3-7(14)4-2-6/h1-4,8,13-14H,5,12H2/t8-/m1/s1. The largest absolute Gasteiger partial charge is 0.508 e. The molecule has 1 rings (SSSR count). The summed E-state index contributed by atoms with van der Waals surface area (Å²) in [5.41, 5.74) is 5.41. The number of aromatic hydroxyl groups is 1. The number of aliphatic hydroxyl groups excluding tert-OH is 1. The van der Waals surface area contributed by atoms with Crippen LogP contribution in [0.2, 0.25) is 0 Å². The molecule has 0 unspecified atom stereocenters. The minimum atomic E-state index is -3.35. The lowest BCUT2D eigenvalue weighted by Gasteiger charge is -2.21. The SMILES string of the molecule is N[C@H](c1ccc(O)cc1)C(F)(F)CO. The number of halogens is 2. The van der Waals surface area contributed by atoms with Crippen LogP contribution >= 0.6 is 0 Å². The maximum absolute atomic E-state index is 12.9. The highest BCUT2D eigenvalue weighted by atomic mass is 19.3. The first-order chi connectivity index (χ1) is 6.47. The van der Waals surface area contributed by atoms with Gasteiger partial charge < -0.3 is 15.9 Å². The summed E-state index contributed by atoms with van der Waals surface area (Å²) in [6.07, 6.45) is 0. The van der Waals surface area contributed by atoms with Crippen LogP contribution in [0.15, 0.2) is 24.3 Å². The van der Waals surface area contributed by atoms with Crippen molar-refractivity contribution in [1.82, 2.24) is 0 Å². The summed E-state index contributed by atoms with van der Waals surface area (Å²) >= 11 is 0. The number of phenolic OH excluding ortho intramolecular Hbond substituents is 1. The smallest absolute Gasteiger partial charge is 0.289 e. The molecule has 0 aliphatic carbocycles. The molecule has 3 nitrogen and oxygen atoms in total. The highest BCUT2D eigenvalue weighted by Crippen LogP contribution is 2.29. The topological polar surface area (TPSA) is 66.5 Å². The molecule has 14 heavy (non-hydrogen) atoms. The summed E-state index contributed by atoms with van der Waals surface area (Å²) in [6, 6.07) is 3.56. The first kappa shape index (κ1) is 10.9. The van der Waals surface area contributed by atoms with E-state index in [-0.39, 0.29) is 11.3 Å². The lowest BCUT2D eigenvalue weighted by molar-refractivity contribution is -0.0711. The van der Waals surface area contributed by atoms with Crippen LogP contribution in [0.5, 0.6) is 5.75 Å². The summed E-state index contributed by atoms with van der Waals surface area (Å²) in [6.45, 7) is -1.30. The summed E-state index contributed by atoms with van der Waals surface area (Å²) < 4.78 is 25.8. The fraction of sp³-hybridized carbons (Fsp3) is 0.333. The molecule has 0 radical (unpaired) electrons. The minimum absolute atomic E-state index is 0.0201. The molecule has 0 fully saturated rings. The van der Waals surface area contributed by atoms with Gasteiger partial charge in [-0.25, -0.2) is 8.78 Å². The Kier molecular flexibility index (Phi) is 3.03. The Morgan fingerprint density at radius 2 is 1.79 bits per heavy atom. The van der Waals surface area contributed by atoms with Gasteiger partial charge in [-0.05, 0) is 17.7 Å². The van der Waals surface area contributed by atoms with Crippen LogP contribution in [-0.2, 0) is 0 Å². The Morgan fingerprint density at radius 1 is 1.29 bits per heavy atom. The van der Waals surface area contributed by atoms with Crippen molar-refractivity contribution in [3.63, 3.8) is 0 Å². The normalized spacial score (nSPS) is 14.0. The van der Waals surface area contributed by atoms with Crippen LogP contribution in [0.3, 0.4) is 0 Å². The number of aliphatic hydroxyl groups is 1. The average Bonchev–Trinajstić information content (AvgIpc) is 2.18. The molecule has 0 amide bonds. The van der Waals surface area contributed by atoms with Gasteiger partial charge in [0.05, 0.1) is 6.04 Å². The van der Waals surface area contributed by atoms with E-state index in [0.717, 1.165) is 0 Å². The lowest BCUT2D eigenvalue weighted by Crippen LogP contribution is -2.36. The minimum Gasteiger partial charge on any atom is -0.508 e. The summed E-state index contributed by atoms with van der Waals surface area (Å²) in [4.78, 5) is 0. The Bertz CT molecular complexity index is 300. The number of alkyl halides is 2. The van der Waals surface area contributed by atoms with E-state index in [1.54, 1.807) is 0 Å². The van der Waals surface area contributed by atoms with Crippen molar-refractivity contribution in [1.29, 1.82) is 0 Å². The maximum atomic E-state index is 12.9. The van der Waals surface area contributed by atoms with Crippen molar-refractivity contribution in [3.8, 4) is 5.75 Å². The molecule has 0 bridgehead atoms. The molecule has 1 atom stereocenters. The number of nitrogens with two attached hydrogens (primary N) is 1. The molecule has 4 N–H and O–H groups in total. The molecule has 0 saturated carbocycles. The number of phenols is 1. The van der Waals surface area contributed by atoms with Crippen molar-refractivity contribution in [2.75, 3.05) is 6.61 Å². The second kappa shape index (κ2) is 3.89. The second-order valence-electron chi connectivity index (χ2n) is 2.99. The molecular weight excluding hydrogens is 192 g/mol. The zero-order valence-electron chi connectivity index (χ0n) is 7.32. The molecule has 0 aromatic heterocycles. The van der Waals surface area contributed by atoms with Crippen LogP contribution in [0.1, 0.15) is 11.6 Å². The van der Waals surface area contributed by atoms with Crippen molar-refractivity contribution >= 4 is 0 Å². The van der Waals surface area contributed by atoms with Gasteiger partial charge in [0.15, 0.2) is 0 Å². The van der Waals surface area contributed by atoms with Crippen molar-refractivity contribution in [2.24, 2.45) is 5.73 Å². The van der Waals surface area contributed by atoms with E-state index in [0.29, 0.717) is 0 Å². The highest BCUT2D eigenvalue weighted by molar-refractivity contribution is 5.28. The molecule has 0 aliphatic heterocycles. The molecule has 1 aromatic rings. The van der Waals surface area contributed by atoms with Gasteiger partial charge in [-0.1, -0.05) is 12.1 Å². The van der Waals surface area contributed by atoms with Gasteiger partial charge in [-0.15, -0.1) is 0 Å². The molecule has 0 saturated heterocycles. The molecule has 1 aromatic carbocycles. The zero-order valence-corrected chi connectivity index (χ0v) is 7.32. The van der Waals surface area contributed by atoms with E-state index in [1.807, 2.05) is 0 Å². The van der Waals surface area contributed by atoms with Crippen LogP contribution < -0.4 is 5.73 Å². The third-order valence-corrected chi connectivity index (χ3v) is 1.92. The number of hydrogen-bond acceptors (Lipinski definition) is 3. The highest BCUT2D eigenvalue weighted by Gasteiger charge is 2.37. The fourth-order valence-corrected chi connectivity index (χ4v) is 1.02. The first-order valence-corrected chi connectivity index (χ1v) is 4.00. The van der Waals surface area contributed by atoms with Crippen LogP contribution in [0.25, 0.3) is 0 Å². The van der Waals surface area contributed by atoms with Gasteiger partial charge in [0.2, 0.25) is 0 Å². The summed E-state index contributed by atoms with van der Waals surface area (Å²) in [7, 11) is 0. The van der Waals surface area contributed by atoms with E-state index in [2.05, 4.69) is 0 Å². The molecule has 78 valence electrons. The first-order valence-electron chi connectivity index (χ1n) is 4.00. The Morgan fingerprint density at radius 3 is 2.21 bits per heavy atom. The van der Waals surface area contributed by atoms with Crippen molar-refractivity contribution in [2.45, 2.75) is 12.0 Å². The monoisotopic (exact) mass is 203 g/mol. The molecular formula is C9H11F2NO2. The maximum Gasteiger partial charge on any atom is 0.289 e. The van der Waals surface area contributed by atoms with E-state index < -0.39 is 18.6 Å². The van der Waals surface area contributed by atoms with Gasteiger partial charge in [0.1, 0.15) is 12.4 Å². The molecule has 0 spiro atoms. The number of hydrogen-bond donors (Lipinski definition) is 3. The number of benzene rings is 1. The quantitative estimate of drug-likeness (QED) is 0.687. The van der Waals surface area contributed by atoms with Crippen LogP contribution in [-0.4, -0.2) is 22.7 Å². The Labute approximate surface area is 79.8 Å². The van der Waals surface area contributed by atoms with Gasteiger partial charge >= 0.3 is 0 Å². The zero-order chi connectivity index (χ0) is 10.8. The molecule has 0 heterocycles. The Balaban J connectivity index is 2.89. The van der Waals surface area contributed by atoms with E-state index in [9.17, 15) is 8.78 Å². The van der Waals surface area contributed by atoms with Gasteiger partial charge in [-0.3, -0.25) is 0 Å².